The molecule has 5 nitrogen and oxygen atoms in total. The number of aryl methyl sites for hydroxylation is 1. The van der Waals surface area contributed by atoms with Gasteiger partial charge in [0.2, 0.25) is 0 Å². The van der Waals surface area contributed by atoms with E-state index in [0.717, 1.165) is 0 Å². The van der Waals surface area contributed by atoms with Gasteiger partial charge in [0.25, 0.3) is 5.56 Å². The zero-order valence-electron chi connectivity index (χ0n) is 12.4. The monoisotopic (exact) mass is 324 g/mol. The first-order valence-electron chi connectivity index (χ1n) is 6.89. The number of fused-ring (bicyclic) bond motifs is 3. The predicted molar refractivity (Wildman–Crippen MR) is 88.0 cm³/mol. The Hall–Kier alpha value is -1.92. The summed E-state index contributed by atoms with van der Waals surface area (Å²) < 4.78 is 15.3. The molecule has 1 atom stereocenters. The van der Waals surface area contributed by atoms with Crippen molar-refractivity contribution >= 4 is 34.2 Å². The first-order valence-corrected chi connectivity index (χ1v) is 6.89. The smallest absolute Gasteiger partial charge is 0.262 e. The standard InChI is InChI=1S/C15H17FN4O.ClH/c1-8(6-17)7-20-12-4-3-10(16)5-11(12)14-13(15(20)21)9(2)18-19-14;/h3-5,8H,6-7,17H2,1-2H3,(H,18,19);1H/t8-;/m1./s1. The number of hydrogen-bond acceptors (Lipinski definition) is 3. The topological polar surface area (TPSA) is 76.7 Å². The lowest BCUT2D eigenvalue weighted by Crippen LogP contribution is -2.27. The van der Waals surface area contributed by atoms with Crippen molar-refractivity contribution in [1.82, 2.24) is 14.8 Å². The first kappa shape index (κ1) is 16.5. The molecule has 3 aromatic rings. The molecule has 22 heavy (non-hydrogen) atoms. The van der Waals surface area contributed by atoms with Crippen LogP contribution in [-0.2, 0) is 6.54 Å². The highest BCUT2D eigenvalue weighted by Crippen LogP contribution is 2.24. The SMILES string of the molecule is Cc1[nH]nc2c1c(=O)n(C[C@H](C)CN)c1ccc(F)cc21.Cl. The highest BCUT2D eigenvalue weighted by molar-refractivity contribution is 6.03. The molecule has 3 rings (SSSR count). The van der Waals surface area contributed by atoms with Crippen LogP contribution in [0.3, 0.4) is 0 Å². The number of nitrogens with two attached hydrogens (primary N) is 1. The minimum atomic E-state index is -0.346. The van der Waals surface area contributed by atoms with Crippen LogP contribution in [0.25, 0.3) is 21.8 Å². The van der Waals surface area contributed by atoms with Gasteiger partial charge in [0.05, 0.1) is 10.9 Å². The molecule has 2 heterocycles. The lowest BCUT2D eigenvalue weighted by Gasteiger charge is -2.15. The average molecular weight is 325 g/mol. The molecular weight excluding hydrogens is 307 g/mol. The van der Waals surface area contributed by atoms with Crippen molar-refractivity contribution in [2.24, 2.45) is 11.7 Å². The van der Waals surface area contributed by atoms with Crippen LogP contribution in [-0.4, -0.2) is 21.3 Å². The Morgan fingerprint density at radius 1 is 1.45 bits per heavy atom. The molecule has 3 N–H and O–H groups in total. The Morgan fingerprint density at radius 3 is 2.86 bits per heavy atom. The van der Waals surface area contributed by atoms with Gasteiger partial charge in [-0.3, -0.25) is 9.89 Å². The largest absolute Gasteiger partial charge is 0.330 e. The van der Waals surface area contributed by atoms with Gasteiger partial charge >= 0.3 is 0 Å². The molecule has 118 valence electrons. The summed E-state index contributed by atoms with van der Waals surface area (Å²) in [7, 11) is 0. The number of H-pyrrole nitrogens is 1. The van der Waals surface area contributed by atoms with Crippen molar-refractivity contribution in [3.05, 3.63) is 40.1 Å². The van der Waals surface area contributed by atoms with E-state index in [1.165, 1.54) is 12.1 Å². The Labute approximate surface area is 132 Å². The molecule has 0 unspecified atom stereocenters. The Bertz CT molecular complexity index is 886. The van der Waals surface area contributed by atoms with E-state index < -0.39 is 0 Å². The fourth-order valence-corrected chi connectivity index (χ4v) is 2.63. The van der Waals surface area contributed by atoms with Gasteiger partial charge in [-0.25, -0.2) is 4.39 Å². The van der Waals surface area contributed by atoms with E-state index in [0.29, 0.717) is 40.6 Å². The van der Waals surface area contributed by atoms with Gasteiger partial charge in [-0.15, -0.1) is 12.4 Å². The second-order valence-electron chi connectivity index (χ2n) is 5.49. The minimum Gasteiger partial charge on any atom is -0.330 e. The summed E-state index contributed by atoms with van der Waals surface area (Å²) in [5, 5.41) is 8.12. The average Bonchev–Trinajstić information content (AvgIpc) is 2.85. The molecule has 0 bridgehead atoms. The minimum absolute atomic E-state index is 0. The molecule has 2 aromatic heterocycles. The molecule has 0 aliphatic rings. The number of aromatic amines is 1. The van der Waals surface area contributed by atoms with Gasteiger partial charge in [0, 0.05) is 17.6 Å². The Balaban J connectivity index is 0.00000176. The second kappa shape index (κ2) is 6.06. The summed E-state index contributed by atoms with van der Waals surface area (Å²) in [4.78, 5) is 12.7. The summed E-state index contributed by atoms with van der Waals surface area (Å²) in [6, 6.07) is 4.40. The van der Waals surface area contributed by atoms with E-state index in [1.807, 2.05) is 6.92 Å². The van der Waals surface area contributed by atoms with Crippen LogP contribution in [0.15, 0.2) is 23.0 Å². The third-order valence-corrected chi connectivity index (χ3v) is 3.81. The van der Waals surface area contributed by atoms with E-state index in [4.69, 9.17) is 5.73 Å². The molecule has 7 heteroatoms. The van der Waals surface area contributed by atoms with Crippen LogP contribution < -0.4 is 11.3 Å². The third-order valence-electron chi connectivity index (χ3n) is 3.81. The van der Waals surface area contributed by atoms with Crippen molar-refractivity contribution in [2.45, 2.75) is 20.4 Å². The van der Waals surface area contributed by atoms with Crippen molar-refractivity contribution in [3.63, 3.8) is 0 Å². The van der Waals surface area contributed by atoms with Crippen molar-refractivity contribution in [2.75, 3.05) is 6.54 Å². The van der Waals surface area contributed by atoms with Gasteiger partial charge in [-0.2, -0.15) is 5.10 Å². The van der Waals surface area contributed by atoms with Gasteiger partial charge in [-0.1, -0.05) is 6.92 Å². The number of nitrogens with one attached hydrogen (secondary N) is 1. The van der Waals surface area contributed by atoms with Gasteiger partial charge in [0.1, 0.15) is 11.3 Å². The second-order valence-corrected chi connectivity index (χ2v) is 5.49. The molecule has 0 saturated heterocycles. The molecule has 0 saturated carbocycles. The van der Waals surface area contributed by atoms with Crippen LogP contribution in [0, 0.1) is 18.7 Å². The maximum absolute atomic E-state index is 13.6. The Kier molecular flexibility index (Phi) is 4.53. The fraction of sp³-hybridized carbons (Fsp3) is 0.333. The highest BCUT2D eigenvalue weighted by Gasteiger charge is 2.16. The summed E-state index contributed by atoms with van der Waals surface area (Å²) in [5.74, 6) is -0.192. The van der Waals surface area contributed by atoms with E-state index in [9.17, 15) is 9.18 Å². The number of rotatable bonds is 3. The molecular formula is C15H18ClFN4O. The van der Waals surface area contributed by atoms with Crippen LogP contribution in [0.1, 0.15) is 12.6 Å². The molecule has 0 spiro atoms. The number of benzene rings is 1. The van der Waals surface area contributed by atoms with Crippen LogP contribution >= 0.6 is 12.4 Å². The predicted octanol–water partition coefficient (Wildman–Crippen LogP) is 2.34. The molecule has 0 amide bonds. The van der Waals surface area contributed by atoms with Crippen LogP contribution in [0.4, 0.5) is 4.39 Å². The van der Waals surface area contributed by atoms with Crippen LogP contribution in [0.2, 0.25) is 0 Å². The molecule has 0 aliphatic carbocycles. The molecule has 0 aliphatic heterocycles. The maximum atomic E-state index is 13.6. The van der Waals surface area contributed by atoms with E-state index in [1.54, 1.807) is 17.6 Å². The number of hydrogen-bond donors (Lipinski definition) is 2. The Morgan fingerprint density at radius 2 is 2.18 bits per heavy atom. The van der Waals surface area contributed by atoms with Crippen LogP contribution in [0.5, 0.6) is 0 Å². The maximum Gasteiger partial charge on any atom is 0.262 e. The lowest BCUT2D eigenvalue weighted by molar-refractivity contribution is 0.494. The molecule has 0 radical (unpaired) electrons. The zero-order chi connectivity index (χ0) is 15.1. The number of halogens is 2. The van der Waals surface area contributed by atoms with Crippen molar-refractivity contribution < 1.29 is 4.39 Å². The number of nitrogens with zero attached hydrogens (tertiary/aromatic N) is 2. The number of aromatic nitrogens is 3. The quantitative estimate of drug-likeness (QED) is 0.776. The third kappa shape index (κ3) is 2.48. The first-order chi connectivity index (χ1) is 10.0. The van der Waals surface area contributed by atoms with E-state index in [-0.39, 0.29) is 29.7 Å². The van der Waals surface area contributed by atoms with Gasteiger partial charge in [0.15, 0.2) is 0 Å². The zero-order valence-corrected chi connectivity index (χ0v) is 13.2. The van der Waals surface area contributed by atoms with E-state index in [2.05, 4.69) is 10.2 Å². The summed E-state index contributed by atoms with van der Waals surface area (Å²) >= 11 is 0. The highest BCUT2D eigenvalue weighted by atomic mass is 35.5. The van der Waals surface area contributed by atoms with Gasteiger partial charge in [-0.05, 0) is 37.6 Å². The normalized spacial score (nSPS) is 12.5. The number of pyridine rings is 1. The molecule has 1 aromatic carbocycles. The van der Waals surface area contributed by atoms with Gasteiger partial charge < -0.3 is 10.3 Å². The molecule has 0 fully saturated rings. The summed E-state index contributed by atoms with van der Waals surface area (Å²) in [6.45, 7) is 4.75. The lowest BCUT2D eigenvalue weighted by atomic mass is 10.1. The van der Waals surface area contributed by atoms with Crippen molar-refractivity contribution in [1.29, 1.82) is 0 Å². The fourth-order valence-electron chi connectivity index (χ4n) is 2.63. The summed E-state index contributed by atoms with van der Waals surface area (Å²) in [5.41, 5.74) is 7.44. The van der Waals surface area contributed by atoms with E-state index >= 15 is 0 Å². The summed E-state index contributed by atoms with van der Waals surface area (Å²) in [6.07, 6.45) is 0. The van der Waals surface area contributed by atoms with Crippen molar-refractivity contribution in [3.8, 4) is 0 Å².